The zero-order chi connectivity index (χ0) is 13.1. The lowest BCUT2D eigenvalue weighted by atomic mass is 10.1. The fraction of sp³-hybridized carbons (Fsp3) is 0.500. The summed E-state index contributed by atoms with van der Waals surface area (Å²) in [6.45, 7) is 3.16. The second-order valence-corrected chi connectivity index (χ2v) is 4.94. The Balaban J connectivity index is 2.07. The van der Waals surface area contributed by atoms with Gasteiger partial charge in [0.25, 0.3) is 11.8 Å². The third-order valence-electron chi connectivity index (χ3n) is 2.98. The van der Waals surface area contributed by atoms with E-state index < -0.39 is 6.10 Å². The lowest BCUT2D eigenvalue weighted by Crippen LogP contribution is -2.51. The van der Waals surface area contributed by atoms with Crippen molar-refractivity contribution < 1.29 is 14.3 Å². The van der Waals surface area contributed by atoms with Crippen molar-refractivity contribution in [3.63, 3.8) is 0 Å². The largest absolute Gasteiger partial charge is 0.365 e. The number of nitrogens with one attached hydrogen (secondary N) is 1. The van der Waals surface area contributed by atoms with Gasteiger partial charge in [-0.25, -0.2) is 0 Å². The van der Waals surface area contributed by atoms with Gasteiger partial charge in [-0.2, -0.15) is 11.3 Å². The fourth-order valence-corrected chi connectivity index (χ4v) is 2.73. The molecule has 1 aliphatic heterocycles. The van der Waals surface area contributed by atoms with E-state index in [9.17, 15) is 9.59 Å². The monoisotopic (exact) mass is 268 g/mol. The maximum absolute atomic E-state index is 12.3. The molecule has 1 fully saturated rings. The van der Waals surface area contributed by atoms with Crippen LogP contribution in [0.1, 0.15) is 15.9 Å². The molecule has 2 rings (SSSR count). The Labute approximate surface area is 110 Å². The number of nitrogens with zero attached hydrogens (tertiary/aromatic N) is 1. The van der Waals surface area contributed by atoms with Crippen molar-refractivity contribution in [2.75, 3.05) is 26.7 Å². The molecule has 1 N–H and O–H groups in total. The minimum Gasteiger partial charge on any atom is -0.365 e. The van der Waals surface area contributed by atoms with Gasteiger partial charge >= 0.3 is 0 Å². The highest BCUT2D eigenvalue weighted by atomic mass is 32.1. The highest BCUT2D eigenvalue weighted by molar-refractivity contribution is 7.08. The van der Waals surface area contributed by atoms with Crippen LogP contribution in [0.3, 0.4) is 0 Å². The number of carbonyl (C=O) groups is 2. The van der Waals surface area contributed by atoms with Crippen LogP contribution in [0.5, 0.6) is 0 Å². The van der Waals surface area contributed by atoms with E-state index in [1.165, 1.54) is 11.3 Å². The van der Waals surface area contributed by atoms with Gasteiger partial charge in [0.1, 0.15) is 0 Å². The SMILES string of the molecule is CNC(=O)[C@H]1CN(C(=O)c2cscc2C)CCO1. The number of carbonyl (C=O) groups excluding carboxylic acids is 2. The Morgan fingerprint density at radius 1 is 1.50 bits per heavy atom. The number of likely N-dealkylation sites (N-methyl/N-ethyl adjacent to an activating group) is 1. The van der Waals surface area contributed by atoms with Crippen molar-refractivity contribution in [3.8, 4) is 0 Å². The van der Waals surface area contributed by atoms with Crippen LogP contribution in [0.15, 0.2) is 10.8 Å². The molecule has 2 amide bonds. The topological polar surface area (TPSA) is 58.6 Å². The number of ether oxygens (including phenoxy) is 1. The summed E-state index contributed by atoms with van der Waals surface area (Å²) in [6.07, 6.45) is -0.563. The summed E-state index contributed by atoms with van der Waals surface area (Å²) in [5.41, 5.74) is 1.70. The molecule has 0 aromatic carbocycles. The summed E-state index contributed by atoms with van der Waals surface area (Å²) in [4.78, 5) is 25.5. The van der Waals surface area contributed by atoms with E-state index in [1.807, 2.05) is 17.7 Å². The van der Waals surface area contributed by atoms with Crippen LogP contribution in [0.25, 0.3) is 0 Å². The predicted octanol–water partition coefficient (Wildman–Crippen LogP) is 0.644. The van der Waals surface area contributed by atoms with E-state index in [2.05, 4.69) is 5.32 Å². The number of hydrogen-bond donors (Lipinski definition) is 1. The molecule has 2 heterocycles. The summed E-state index contributed by atoms with van der Waals surface area (Å²) in [6, 6.07) is 0. The molecule has 1 aromatic rings. The van der Waals surface area contributed by atoms with Gasteiger partial charge in [-0.3, -0.25) is 9.59 Å². The zero-order valence-corrected chi connectivity index (χ0v) is 11.3. The van der Waals surface area contributed by atoms with Gasteiger partial charge in [-0.1, -0.05) is 0 Å². The summed E-state index contributed by atoms with van der Waals surface area (Å²) in [7, 11) is 1.56. The summed E-state index contributed by atoms with van der Waals surface area (Å²) < 4.78 is 5.36. The van der Waals surface area contributed by atoms with Crippen LogP contribution in [-0.4, -0.2) is 49.6 Å². The first-order valence-electron chi connectivity index (χ1n) is 5.78. The quantitative estimate of drug-likeness (QED) is 0.856. The van der Waals surface area contributed by atoms with Crippen LogP contribution in [0, 0.1) is 6.92 Å². The molecule has 0 aliphatic carbocycles. The zero-order valence-electron chi connectivity index (χ0n) is 10.4. The average molecular weight is 268 g/mol. The van der Waals surface area contributed by atoms with E-state index in [1.54, 1.807) is 11.9 Å². The number of morpholine rings is 1. The molecule has 0 radical (unpaired) electrons. The van der Waals surface area contributed by atoms with Crippen molar-refractivity contribution >= 4 is 23.2 Å². The predicted molar refractivity (Wildman–Crippen MR) is 68.8 cm³/mol. The fourth-order valence-electron chi connectivity index (χ4n) is 1.90. The van der Waals surface area contributed by atoms with Gasteiger partial charge in [0.15, 0.2) is 6.10 Å². The van der Waals surface area contributed by atoms with Gasteiger partial charge in [0.05, 0.1) is 18.7 Å². The lowest BCUT2D eigenvalue weighted by molar-refractivity contribution is -0.136. The number of thiophene rings is 1. The second-order valence-electron chi connectivity index (χ2n) is 4.19. The molecule has 1 aliphatic rings. The molecule has 6 heteroatoms. The molecule has 98 valence electrons. The number of amides is 2. The minimum atomic E-state index is -0.563. The van der Waals surface area contributed by atoms with Crippen LogP contribution >= 0.6 is 11.3 Å². The van der Waals surface area contributed by atoms with Crippen LogP contribution in [0.2, 0.25) is 0 Å². The first-order chi connectivity index (χ1) is 8.63. The molecule has 0 bridgehead atoms. The molecule has 1 saturated heterocycles. The van der Waals surface area contributed by atoms with Crippen LogP contribution < -0.4 is 5.32 Å². The summed E-state index contributed by atoms with van der Waals surface area (Å²) in [5, 5.41) is 6.34. The third kappa shape index (κ3) is 2.54. The van der Waals surface area contributed by atoms with Crippen molar-refractivity contribution in [2.45, 2.75) is 13.0 Å². The Hall–Kier alpha value is -1.40. The molecule has 18 heavy (non-hydrogen) atoms. The smallest absolute Gasteiger partial charge is 0.255 e. The van der Waals surface area contributed by atoms with E-state index in [4.69, 9.17) is 4.74 Å². The second kappa shape index (κ2) is 5.49. The van der Waals surface area contributed by atoms with Gasteiger partial charge < -0.3 is 15.0 Å². The highest BCUT2D eigenvalue weighted by Gasteiger charge is 2.29. The first-order valence-corrected chi connectivity index (χ1v) is 6.73. The highest BCUT2D eigenvalue weighted by Crippen LogP contribution is 2.17. The molecule has 5 nitrogen and oxygen atoms in total. The molecule has 0 unspecified atom stereocenters. The standard InChI is InChI=1S/C12H16N2O3S/c1-8-6-18-7-9(8)12(16)14-3-4-17-10(5-14)11(15)13-2/h6-7,10H,3-5H2,1-2H3,(H,13,15)/t10-/m1/s1. The lowest BCUT2D eigenvalue weighted by Gasteiger charge is -2.32. The number of rotatable bonds is 2. The van der Waals surface area contributed by atoms with E-state index in [0.717, 1.165) is 11.1 Å². The van der Waals surface area contributed by atoms with E-state index in [-0.39, 0.29) is 11.8 Å². The van der Waals surface area contributed by atoms with Crippen molar-refractivity contribution in [2.24, 2.45) is 0 Å². The van der Waals surface area contributed by atoms with E-state index >= 15 is 0 Å². The molecular weight excluding hydrogens is 252 g/mol. The van der Waals surface area contributed by atoms with E-state index in [0.29, 0.717) is 19.7 Å². The van der Waals surface area contributed by atoms with Gasteiger partial charge in [0, 0.05) is 19.0 Å². The summed E-state index contributed by atoms with van der Waals surface area (Å²) >= 11 is 1.51. The Morgan fingerprint density at radius 3 is 2.89 bits per heavy atom. The normalized spacial score (nSPS) is 19.7. The van der Waals surface area contributed by atoms with Crippen molar-refractivity contribution in [1.29, 1.82) is 0 Å². The van der Waals surface area contributed by atoms with Crippen molar-refractivity contribution in [1.82, 2.24) is 10.2 Å². The molecule has 1 aromatic heterocycles. The Morgan fingerprint density at radius 2 is 2.28 bits per heavy atom. The molecule has 0 spiro atoms. The average Bonchev–Trinajstić information content (AvgIpc) is 2.83. The first kappa shape index (κ1) is 13.0. The minimum absolute atomic E-state index is 0.0223. The van der Waals surface area contributed by atoms with Crippen LogP contribution in [-0.2, 0) is 9.53 Å². The summed E-state index contributed by atoms with van der Waals surface area (Å²) in [5.74, 6) is -0.208. The van der Waals surface area contributed by atoms with Crippen molar-refractivity contribution in [3.05, 3.63) is 21.9 Å². The molecule has 1 atom stereocenters. The third-order valence-corrected chi connectivity index (χ3v) is 3.84. The Kier molecular flexibility index (Phi) is 3.98. The Bertz CT molecular complexity index is 458. The maximum atomic E-state index is 12.3. The van der Waals surface area contributed by atoms with Gasteiger partial charge in [-0.15, -0.1) is 0 Å². The molecular formula is C12H16N2O3S. The number of hydrogen-bond acceptors (Lipinski definition) is 4. The maximum Gasteiger partial charge on any atom is 0.255 e. The van der Waals surface area contributed by atoms with Gasteiger partial charge in [0.2, 0.25) is 0 Å². The van der Waals surface area contributed by atoms with Crippen LogP contribution in [0.4, 0.5) is 0 Å². The molecule has 0 saturated carbocycles. The van der Waals surface area contributed by atoms with Gasteiger partial charge in [-0.05, 0) is 17.9 Å². The number of aryl methyl sites for hydroxylation is 1.